The molecule has 1 aliphatic heterocycles. The van der Waals surface area contributed by atoms with E-state index >= 15 is 0 Å². The molecule has 1 aliphatic rings. The number of nitrogens with zero attached hydrogens (tertiary/aromatic N) is 1. The third kappa shape index (κ3) is 2.12. The molecular weight excluding hydrogens is 378 g/mol. The number of benzene rings is 3. The Bertz CT molecular complexity index is 1090. The molecule has 0 spiro atoms. The predicted octanol–water partition coefficient (Wildman–Crippen LogP) is 6.80. The number of aromatic nitrogens is 1. The van der Waals surface area contributed by atoms with Gasteiger partial charge in [-0.3, -0.25) is 4.98 Å². The molecule has 3 heteroatoms. The summed E-state index contributed by atoms with van der Waals surface area (Å²) in [6.45, 7) is 0. The van der Waals surface area contributed by atoms with E-state index in [2.05, 4.69) is 82.7 Å². The van der Waals surface area contributed by atoms with Crippen molar-refractivity contribution in [3.8, 4) is 22.3 Å². The van der Waals surface area contributed by atoms with Gasteiger partial charge in [0.2, 0.25) is 0 Å². The molecule has 4 aromatic rings. The SMILES string of the molecule is Brc1ccc(-c2cnc3cccc4c3c2-c2ccccc2S4)cc1. The highest BCUT2D eigenvalue weighted by Gasteiger charge is 2.22. The summed E-state index contributed by atoms with van der Waals surface area (Å²) in [5.74, 6) is 0. The lowest BCUT2D eigenvalue weighted by molar-refractivity contribution is 1.34. The molecule has 0 radical (unpaired) electrons. The van der Waals surface area contributed by atoms with Gasteiger partial charge in [-0.25, -0.2) is 0 Å². The Balaban J connectivity index is 1.92. The van der Waals surface area contributed by atoms with E-state index in [-0.39, 0.29) is 0 Å². The van der Waals surface area contributed by atoms with Crippen LogP contribution in [-0.4, -0.2) is 4.98 Å². The zero-order chi connectivity index (χ0) is 16.1. The largest absolute Gasteiger partial charge is 0.256 e. The molecule has 0 fully saturated rings. The van der Waals surface area contributed by atoms with Gasteiger partial charge in [-0.1, -0.05) is 64.1 Å². The Morgan fingerprint density at radius 3 is 2.42 bits per heavy atom. The van der Waals surface area contributed by atoms with Crippen molar-refractivity contribution in [2.24, 2.45) is 0 Å². The van der Waals surface area contributed by atoms with Crippen LogP contribution < -0.4 is 0 Å². The number of halogens is 1. The van der Waals surface area contributed by atoms with E-state index in [1.807, 2.05) is 18.0 Å². The van der Waals surface area contributed by atoms with Crippen LogP contribution in [0.15, 0.2) is 87.2 Å². The molecule has 24 heavy (non-hydrogen) atoms. The first-order chi connectivity index (χ1) is 11.8. The van der Waals surface area contributed by atoms with Crippen LogP contribution in [-0.2, 0) is 0 Å². The monoisotopic (exact) mass is 389 g/mol. The highest BCUT2D eigenvalue weighted by Crippen LogP contribution is 2.50. The first-order valence-corrected chi connectivity index (χ1v) is 9.37. The van der Waals surface area contributed by atoms with Crippen molar-refractivity contribution < 1.29 is 0 Å². The van der Waals surface area contributed by atoms with Gasteiger partial charge in [0.25, 0.3) is 0 Å². The van der Waals surface area contributed by atoms with E-state index in [0.717, 1.165) is 9.99 Å². The van der Waals surface area contributed by atoms with Gasteiger partial charge in [0.05, 0.1) is 5.52 Å². The number of pyridine rings is 1. The lowest BCUT2D eigenvalue weighted by Crippen LogP contribution is -1.97. The summed E-state index contributed by atoms with van der Waals surface area (Å²) in [6.07, 6.45) is 2.01. The molecule has 3 aromatic carbocycles. The van der Waals surface area contributed by atoms with Crippen LogP contribution in [0.4, 0.5) is 0 Å². The fourth-order valence-corrected chi connectivity index (χ4v) is 4.69. The van der Waals surface area contributed by atoms with Crippen molar-refractivity contribution in [2.45, 2.75) is 9.79 Å². The van der Waals surface area contributed by atoms with Crippen molar-refractivity contribution in [3.63, 3.8) is 0 Å². The summed E-state index contributed by atoms with van der Waals surface area (Å²) >= 11 is 5.36. The summed E-state index contributed by atoms with van der Waals surface area (Å²) in [7, 11) is 0. The van der Waals surface area contributed by atoms with Crippen LogP contribution in [0.2, 0.25) is 0 Å². The first kappa shape index (κ1) is 14.3. The van der Waals surface area contributed by atoms with Gasteiger partial charge < -0.3 is 0 Å². The minimum atomic E-state index is 1.06. The van der Waals surface area contributed by atoms with Crippen molar-refractivity contribution >= 4 is 38.6 Å². The number of rotatable bonds is 1. The molecular formula is C21H12BrNS. The van der Waals surface area contributed by atoms with Crippen molar-refractivity contribution in [1.29, 1.82) is 0 Å². The minimum Gasteiger partial charge on any atom is -0.256 e. The molecule has 5 rings (SSSR count). The zero-order valence-electron chi connectivity index (χ0n) is 12.7. The summed E-state index contributed by atoms with van der Waals surface area (Å²) in [6, 6.07) is 23.5. The van der Waals surface area contributed by atoms with E-state index in [9.17, 15) is 0 Å². The lowest BCUT2D eigenvalue weighted by Gasteiger charge is -2.22. The average Bonchev–Trinajstić information content (AvgIpc) is 2.63. The fraction of sp³-hybridized carbons (Fsp3) is 0. The van der Waals surface area contributed by atoms with Gasteiger partial charge in [0.15, 0.2) is 0 Å². The Morgan fingerprint density at radius 1 is 0.750 bits per heavy atom. The molecule has 1 aromatic heterocycles. The van der Waals surface area contributed by atoms with Gasteiger partial charge in [-0.05, 0) is 41.5 Å². The highest BCUT2D eigenvalue weighted by atomic mass is 79.9. The number of fused-ring (bicyclic) bond motifs is 2. The maximum Gasteiger partial charge on any atom is 0.0720 e. The van der Waals surface area contributed by atoms with Crippen LogP contribution in [0.1, 0.15) is 0 Å². The molecule has 0 atom stereocenters. The molecule has 114 valence electrons. The Kier molecular flexibility index (Phi) is 3.25. The van der Waals surface area contributed by atoms with Crippen LogP contribution in [0.3, 0.4) is 0 Å². The summed E-state index contributed by atoms with van der Waals surface area (Å²) in [4.78, 5) is 7.32. The molecule has 0 saturated heterocycles. The second-order valence-electron chi connectivity index (χ2n) is 5.80. The van der Waals surface area contributed by atoms with Crippen LogP contribution >= 0.6 is 27.7 Å². The number of hydrogen-bond acceptors (Lipinski definition) is 2. The van der Waals surface area contributed by atoms with Crippen molar-refractivity contribution in [2.75, 3.05) is 0 Å². The van der Waals surface area contributed by atoms with E-state index in [1.165, 1.54) is 37.4 Å². The summed E-state index contributed by atoms with van der Waals surface area (Å²) in [5, 5.41) is 1.27. The Hall–Kier alpha value is -2.10. The molecule has 0 amide bonds. The van der Waals surface area contributed by atoms with Crippen LogP contribution in [0, 0.1) is 0 Å². The zero-order valence-corrected chi connectivity index (χ0v) is 15.1. The van der Waals surface area contributed by atoms with Crippen LogP contribution in [0.25, 0.3) is 33.2 Å². The van der Waals surface area contributed by atoms with Gasteiger partial charge in [0, 0.05) is 37.0 Å². The highest BCUT2D eigenvalue weighted by molar-refractivity contribution is 9.10. The topological polar surface area (TPSA) is 12.9 Å². The quantitative estimate of drug-likeness (QED) is 0.312. The fourth-order valence-electron chi connectivity index (χ4n) is 3.31. The van der Waals surface area contributed by atoms with Crippen molar-refractivity contribution in [1.82, 2.24) is 4.98 Å². The van der Waals surface area contributed by atoms with Gasteiger partial charge in [-0.15, -0.1) is 0 Å². The van der Waals surface area contributed by atoms with E-state index < -0.39 is 0 Å². The molecule has 0 bridgehead atoms. The molecule has 2 heterocycles. The molecule has 0 saturated carbocycles. The third-order valence-corrected chi connectivity index (χ3v) is 6.05. The Labute approximate surface area is 152 Å². The van der Waals surface area contributed by atoms with Gasteiger partial charge >= 0.3 is 0 Å². The first-order valence-electron chi connectivity index (χ1n) is 7.76. The lowest BCUT2D eigenvalue weighted by atomic mass is 9.92. The van der Waals surface area contributed by atoms with Crippen LogP contribution in [0.5, 0.6) is 0 Å². The third-order valence-electron chi connectivity index (χ3n) is 4.39. The summed E-state index contributed by atoms with van der Waals surface area (Å²) in [5.41, 5.74) is 6.04. The molecule has 0 aliphatic carbocycles. The maximum absolute atomic E-state index is 4.73. The Morgan fingerprint density at radius 2 is 1.54 bits per heavy atom. The van der Waals surface area contributed by atoms with E-state index in [0.29, 0.717) is 0 Å². The van der Waals surface area contributed by atoms with Gasteiger partial charge in [0.1, 0.15) is 0 Å². The standard InChI is InChI=1S/C21H12BrNS/c22-14-10-8-13(9-11-14)16-12-23-17-5-3-7-19-21(17)20(16)15-4-1-2-6-18(15)24-19/h1-12H. The van der Waals surface area contributed by atoms with Crippen molar-refractivity contribution in [3.05, 3.63) is 77.4 Å². The smallest absolute Gasteiger partial charge is 0.0720 e. The minimum absolute atomic E-state index is 1.06. The normalized spacial score (nSPS) is 12.2. The molecule has 0 unspecified atom stereocenters. The van der Waals surface area contributed by atoms with Gasteiger partial charge in [-0.2, -0.15) is 0 Å². The second kappa shape index (κ2) is 5.47. The number of hydrogen-bond donors (Lipinski definition) is 0. The second-order valence-corrected chi connectivity index (χ2v) is 7.80. The average molecular weight is 390 g/mol. The maximum atomic E-state index is 4.73. The van der Waals surface area contributed by atoms with E-state index in [4.69, 9.17) is 4.98 Å². The van der Waals surface area contributed by atoms with E-state index in [1.54, 1.807) is 0 Å². The molecule has 1 nitrogen and oxygen atoms in total. The summed E-state index contributed by atoms with van der Waals surface area (Å²) < 4.78 is 1.09. The predicted molar refractivity (Wildman–Crippen MR) is 104 cm³/mol. The molecule has 0 N–H and O–H groups in total.